The van der Waals surface area contributed by atoms with Crippen molar-refractivity contribution in [2.24, 2.45) is 0 Å². The minimum atomic E-state index is -1.03. The van der Waals surface area contributed by atoms with Crippen molar-refractivity contribution in [2.75, 3.05) is 0 Å². The first-order valence-corrected chi connectivity index (χ1v) is 8.46. The van der Waals surface area contributed by atoms with Crippen LogP contribution in [0.5, 0.6) is 0 Å². The fourth-order valence-corrected chi connectivity index (χ4v) is 0.536. The molecule has 8 heteroatoms. The van der Waals surface area contributed by atoms with Crippen molar-refractivity contribution in [3.05, 3.63) is 0 Å². The van der Waals surface area contributed by atoms with Crippen molar-refractivity contribution in [2.45, 2.75) is 106 Å². The van der Waals surface area contributed by atoms with Crippen LogP contribution in [0.3, 0.4) is 0 Å². The summed E-state index contributed by atoms with van der Waals surface area (Å²) in [6, 6.07) is 0. The zero-order valence-corrected chi connectivity index (χ0v) is 19.4. The minimum Gasteiger partial charge on any atom is -0.852 e. The van der Waals surface area contributed by atoms with Crippen LogP contribution in [0.4, 0.5) is 0 Å². The molecule has 0 amide bonds. The van der Waals surface area contributed by atoms with Crippen LogP contribution in [-0.2, 0) is 31.3 Å². The summed E-state index contributed by atoms with van der Waals surface area (Å²) in [5, 5.41) is 46.2. The molecule has 0 saturated carbocycles. The van der Waals surface area contributed by atoms with Crippen molar-refractivity contribution < 1.29 is 56.8 Å². The van der Waals surface area contributed by atoms with E-state index in [4.69, 9.17) is 5.11 Å². The number of carboxylic acids is 1. The Kier molecular flexibility index (Phi) is 50.3. The summed E-state index contributed by atoms with van der Waals surface area (Å²) in [5.74, 6) is -1.22. The standard InChI is InChI=1S/C6H10O3.4C3H7O.Ti/c1-2-3-5(7)4-6(8)9;4*1-3(2)4;/h2-4H2,1H3,(H,8,9);4*3H,1-2H3;/q;4*-1;+4. The Bertz CT molecular complexity index is 233. The molecule has 0 fully saturated rings. The Morgan fingerprint density at radius 3 is 1.04 bits per heavy atom. The third kappa shape index (κ3) is 272. The summed E-state index contributed by atoms with van der Waals surface area (Å²) < 4.78 is 0. The normalized spacial score (nSPS) is 8.65. The van der Waals surface area contributed by atoms with E-state index < -0.39 is 30.4 Å². The quantitative estimate of drug-likeness (QED) is 0.497. The van der Waals surface area contributed by atoms with E-state index in [1.165, 1.54) is 0 Å². The Balaban J connectivity index is -0.0000000508. The molecule has 26 heavy (non-hydrogen) atoms. The number of carbonyl (C=O) groups is 2. The molecular formula is C18H38O7Ti. The number of Topliss-reactive ketones (excluding diaryl/α,β-unsaturated/α-hetero) is 1. The van der Waals surface area contributed by atoms with Gasteiger partial charge in [-0.15, -0.1) is 24.4 Å². The van der Waals surface area contributed by atoms with Gasteiger partial charge in [0.05, 0.1) is 0 Å². The topological polar surface area (TPSA) is 147 Å². The van der Waals surface area contributed by atoms with E-state index in [2.05, 4.69) is 0 Å². The molecule has 0 heterocycles. The Morgan fingerprint density at radius 1 is 0.731 bits per heavy atom. The van der Waals surface area contributed by atoms with E-state index in [0.717, 1.165) is 6.42 Å². The van der Waals surface area contributed by atoms with Gasteiger partial charge in [0, 0.05) is 6.42 Å². The predicted octanol–water partition coefficient (Wildman–Crippen LogP) is -0.152. The van der Waals surface area contributed by atoms with Gasteiger partial charge in [-0.1, -0.05) is 62.3 Å². The SMILES string of the molecule is CC(C)[O-].CC(C)[O-].CC(C)[O-].CC(C)[O-].CCCC(=O)CC(=O)O.[Ti+4]. The van der Waals surface area contributed by atoms with E-state index in [9.17, 15) is 30.0 Å². The van der Waals surface area contributed by atoms with Crippen molar-refractivity contribution in [3.63, 3.8) is 0 Å². The zero-order chi connectivity index (χ0) is 21.6. The van der Waals surface area contributed by atoms with Crippen molar-refractivity contribution >= 4 is 11.8 Å². The minimum absolute atomic E-state index is 0. The van der Waals surface area contributed by atoms with Crippen LogP contribution >= 0.6 is 0 Å². The fourth-order valence-electron chi connectivity index (χ4n) is 0.536. The van der Waals surface area contributed by atoms with Crippen LogP contribution in [0.2, 0.25) is 0 Å². The predicted molar refractivity (Wildman–Crippen MR) is 92.7 cm³/mol. The molecule has 0 aliphatic rings. The largest absolute Gasteiger partial charge is 4.00 e. The summed E-state index contributed by atoms with van der Waals surface area (Å²) >= 11 is 0. The van der Waals surface area contributed by atoms with Gasteiger partial charge < -0.3 is 25.5 Å². The maximum atomic E-state index is 10.5. The van der Waals surface area contributed by atoms with Gasteiger partial charge in [0.25, 0.3) is 0 Å². The van der Waals surface area contributed by atoms with E-state index >= 15 is 0 Å². The molecule has 0 unspecified atom stereocenters. The third-order valence-corrected chi connectivity index (χ3v) is 0.877. The first-order valence-electron chi connectivity index (χ1n) is 8.46. The third-order valence-electron chi connectivity index (χ3n) is 0.877. The second-order valence-corrected chi connectivity index (χ2v) is 6.05. The van der Waals surface area contributed by atoms with Crippen LogP contribution in [0, 0.1) is 0 Å². The van der Waals surface area contributed by atoms with Gasteiger partial charge in [0.1, 0.15) is 12.2 Å². The van der Waals surface area contributed by atoms with Crippen molar-refractivity contribution in [3.8, 4) is 0 Å². The molecule has 0 aromatic rings. The van der Waals surface area contributed by atoms with Crippen LogP contribution in [0.1, 0.15) is 81.6 Å². The van der Waals surface area contributed by atoms with E-state index in [-0.39, 0.29) is 33.9 Å². The molecule has 0 aromatic carbocycles. The average molecular weight is 414 g/mol. The summed E-state index contributed by atoms with van der Waals surface area (Å²) in [7, 11) is 0. The summed E-state index contributed by atoms with van der Waals surface area (Å²) in [6.45, 7) is 14.7. The van der Waals surface area contributed by atoms with Gasteiger partial charge in [-0.05, 0) is 6.42 Å². The molecule has 0 spiro atoms. The van der Waals surface area contributed by atoms with Crippen molar-refractivity contribution in [1.82, 2.24) is 0 Å². The second-order valence-electron chi connectivity index (χ2n) is 6.05. The second kappa shape index (κ2) is 32.4. The Labute approximate surface area is 174 Å². The van der Waals surface area contributed by atoms with E-state index in [1.54, 1.807) is 55.4 Å². The molecule has 0 saturated heterocycles. The van der Waals surface area contributed by atoms with Crippen LogP contribution in [-0.4, -0.2) is 41.3 Å². The average Bonchev–Trinajstić information content (AvgIpc) is 2.23. The molecule has 0 atom stereocenters. The first kappa shape index (κ1) is 40.4. The Morgan fingerprint density at radius 2 is 0.923 bits per heavy atom. The monoisotopic (exact) mass is 414 g/mol. The maximum absolute atomic E-state index is 10.5. The number of carbonyl (C=O) groups excluding carboxylic acids is 1. The van der Waals surface area contributed by atoms with E-state index in [0.29, 0.717) is 6.42 Å². The first-order chi connectivity index (χ1) is 11.1. The molecule has 7 nitrogen and oxygen atoms in total. The maximum Gasteiger partial charge on any atom is 4.00 e. The number of aliphatic carboxylic acids is 1. The molecule has 0 aliphatic heterocycles. The van der Waals surface area contributed by atoms with Gasteiger partial charge in [-0.25, -0.2) is 0 Å². The number of hydrogen-bond donors (Lipinski definition) is 1. The summed E-state index contributed by atoms with van der Waals surface area (Å²) in [4.78, 5) is 20.3. The van der Waals surface area contributed by atoms with Crippen LogP contribution < -0.4 is 20.4 Å². The number of carboxylic acid groups (broad SMARTS) is 1. The molecule has 0 bridgehead atoms. The van der Waals surface area contributed by atoms with Gasteiger partial charge in [-0.2, -0.15) is 0 Å². The Hall–Kier alpha value is -0.306. The summed E-state index contributed by atoms with van der Waals surface area (Å²) in [5.41, 5.74) is 0. The van der Waals surface area contributed by atoms with Crippen LogP contribution in [0.15, 0.2) is 0 Å². The number of rotatable bonds is 4. The number of ketones is 1. The molecule has 0 aliphatic carbocycles. The van der Waals surface area contributed by atoms with Gasteiger partial charge in [0.15, 0.2) is 0 Å². The van der Waals surface area contributed by atoms with Crippen molar-refractivity contribution in [1.29, 1.82) is 0 Å². The zero-order valence-electron chi connectivity index (χ0n) is 17.8. The smallest absolute Gasteiger partial charge is 0.852 e. The molecule has 0 radical (unpaired) electrons. The fraction of sp³-hybridized carbons (Fsp3) is 0.889. The molecule has 1 N–H and O–H groups in total. The summed E-state index contributed by atoms with van der Waals surface area (Å²) in [6.07, 6.45) is -0.883. The molecule has 0 rings (SSSR count). The van der Waals surface area contributed by atoms with Gasteiger partial charge >= 0.3 is 27.7 Å². The molecule has 156 valence electrons. The van der Waals surface area contributed by atoms with Gasteiger partial charge in [0.2, 0.25) is 0 Å². The molecular weight excluding hydrogens is 376 g/mol. The van der Waals surface area contributed by atoms with E-state index in [1.807, 2.05) is 6.92 Å². The number of hydrogen-bond acceptors (Lipinski definition) is 6. The molecule has 0 aromatic heterocycles. The van der Waals surface area contributed by atoms with Crippen LogP contribution in [0.25, 0.3) is 0 Å². The van der Waals surface area contributed by atoms with Gasteiger partial charge in [-0.3, -0.25) is 9.59 Å².